The summed E-state index contributed by atoms with van der Waals surface area (Å²) < 4.78 is 5.70. The third kappa shape index (κ3) is 11.4. The van der Waals surface area contributed by atoms with Gasteiger partial charge in [-0.3, -0.25) is 9.59 Å². The Morgan fingerprint density at radius 2 is 1.54 bits per heavy atom. The van der Waals surface area contributed by atoms with Crippen LogP contribution >= 0.6 is 34.2 Å². The van der Waals surface area contributed by atoms with Crippen molar-refractivity contribution in [1.82, 2.24) is 5.32 Å². The maximum Gasteiger partial charge on any atom is 0.225 e. The van der Waals surface area contributed by atoms with Gasteiger partial charge in [-0.15, -0.1) is 0 Å². The van der Waals surface area contributed by atoms with Crippen LogP contribution in [0.25, 0.3) is 0 Å². The highest BCUT2D eigenvalue weighted by Gasteiger charge is 2.60. The quantitative estimate of drug-likeness (QED) is 0.0577. The SMILES string of the molecule is C=C(OCCCC(=O)C(C)(CC(C)(C)C)C(C)(C)C(C)(C)C(C(=O)NCCSSCCN)C(C)(C)N)C(C)S. The maximum absolute atomic E-state index is 14.1. The van der Waals surface area contributed by atoms with Crippen molar-refractivity contribution in [3.8, 4) is 0 Å². The van der Waals surface area contributed by atoms with Gasteiger partial charge in [-0.2, -0.15) is 12.6 Å². The Kier molecular flexibility index (Phi) is 15.6. The second kappa shape index (κ2) is 15.8. The zero-order chi connectivity index (χ0) is 30.9. The molecule has 0 bridgehead atoms. The van der Waals surface area contributed by atoms with Crippen molar-refractivity contribution in [2.75, 3.05) is 31.2 Å². The molecule has 39 heavy (non-hydrogen) atoms. The Morgan fingerprint density at radius 3 is 2.00 bits per heavy atom. The highest BCUT2D eigenvalue weighted by Crippen LogP contribution is 2.60. The number of ketones is 1. The Balaban J connectivity index is 6.12. The molecule has 0 radical (unpaired) electrons. The number of amides is 1. The fraction of sp³-hybridized carbons (Fsp3) is 0.867. The van der Waals surface area contributed by atoms with E-state index in [2.05, 4.69) is 79.9 Å². The molecule has 1 amide bonds. The van der Waals surface area contributed by atoms with Gasteiger partial charge in [0.25, 0.3) is 0 Å². The number of Topliss-reactive ketones (excluding diaryl/α,β-unsaturated/α-hetero) is 1. The highest BCUT2D eigenvalue weighted by molar-refractivity contribution is 8.76. The summed E-state index contributed by atoms with van der Waals surface area (Å²) in [6, 6.07) is 0. The molecule has 0 saturated carbocycles. The van der Waals surface area contributed by atoms with Gasteiger partial charge in [-0.25, -0.2) is 0 Å². The van der Waals surface area contributed by atoms with Gasteiger partial charge in [0, 0.05) is 42.0 Å². The van der Waals surface area contributed by atoms with Crippen LogP contribution in [0.5, 0.6) is 0 Å². The summed E-state index contributed by atoms with van der Waals surface area (Å²) >= 11 is 4.36. The number of carbonyl (C=O) groups is 2. The van der Waals surface area contributed by atoms with Crippen LogP contribution < -0.4 is 16.8 Å². The molecule has 0 aliphatic carbocycles. The first-order valence-corrected chi connectivity index (χ1v) is 17.1. The molecular weight excluding hydrogens is 547 g/mol. The molecule has 0 aliphatic heterocycles. The minimum atomic E-state index is -0.796. The predicted molar refractivity (Wildman–Crippen MR) is 176 cm³/mol. The van der Waals surface area contributed by atoms with Gasteiger partial charge in [-0.1, -0.05) is 83.6 Å². The molecule has 6 nitrogen and oxygen atoms in total. The van der Waals surface area contributed by atoms with E-state index in [1.807, 2.05) is 20.8 Å². The van der Waals surface area contributed by atoms with Gasteiger partial charge in [0.1, 0.15) is 11.5 Å². The van der Waals surface area contributed by atoms with E-state index < -0.39 is 27.7 Å². The first-order chi connectivity index (χ1) is 17.6. The second-order valence-electron chi connectivity index (χ2n) is 13.9. The van der Waals surface area contributed by atoms with Crippen LogP contribution in [0.3, 0.4) is 0 Å². The number of hydrogen-bond donors (Lipinski definition) is 4. The van der Waals surface area contributed by atoms with Crippen LogP contribution in [-0.2, 0) is 14.3 Å². The zero-order valence-electron chi connectivity index (χ0n) is 26.7. The summed E-state index contributed by atoms with van der Waals surface area (Å²) in [4.78, 5) is 27.9. The van der Waals surface area contributed by atoms with Gasteiger partial charge in [0.05, 0.1) is 17.8 Å². The lowest BCUT2D eigenvalue weighted by Gasteiger charge is -2.58. The summed E-state index contributed by atoms with van der Waals surface area (Å²) in [7, 11) is 3.42. The second-order valence-corrected chi connectivity index (χ2v) is 17.4. The fourth-order valence-electron chi connectivity index (χ4n) is 5.71. The first-order valence-electron chi connectivity index (χ1n) is 14.1. The normalized spacial score (nSPS) is 16.3. The first kappa shape index (κ1) is 38.6. The molecule has 3 unspecified atom stereocenters. The summed E-state index contributed by atoms with van der Waals surface area (Å²) in [6.45, 7) is 28.3. The van der Waals surface area contributed by atoms with Crippen LogP contribution in [0.4, 0.5) is 0 Å². The van der Waals surface area contributed by atoms with E-state index in [9.17, 15) is 9.59 Å². The molecule has 0 aromatic heterocycles. The van der Waals surface area contributed by atoms with Gasteiger partial charge >= 0.3 is 0 Å². The van der Waals surface area contributed by atoms with Crippen LogP contribution in [0, 0.1) is 27.6 Å². The van der Waals surface area contributed by atoms with E-state index >= 15 is 0 Å². The van der Waals surface area contributed by atoms with E-state index in [4.69, 9.17) is 16.2 Å². The molecule has 0 aromatic rings. The molecule has 0 aromatic carbocycles. The van der Waals surface area contributed by atoms with Gasteiger partial charge in [-0.05, 0) is 49.9 Å². The third-order valence-electron chi connectivity index (χ3n) is 8.29. The average molecular weight is 606 g/mol. The van der Waals surface area contributed by atoms with Crippen LogP contribution in [-0.4, -0.2) is 53.7 Å². The monoisotopic (exact) mass is 605 g/mol. The highest BCUT2D eigenvalue weighted by atomic mass is 33.1. The molecule has 9 heteroatoms. The number of hydrogen-bond acceptors (Lipinski definition) is 8. The molecule has 0 aliphatic rings. The molecule has 0 heterocycles. The van der Waals surface area contributed by atoms with E-state index in [0.717, 1.165) is 11.5 Å². The Bertz CT molecular complexity index is 801. The molecule has 3 atom stereocenters. The van der Waals surface area contributed by atoms with Crippen molar-refractivity contribution >= 4 is 45.9 Å². The molecule has 0 fully saturated rings. The van der Waals surface area contributed by atoms with Crippen molar-refractivity contribution in [3.05, 3.63) is 12.3 Å². The summed E-state index contributed by atoms with van der Waals surface area (Å²) in [6.07, 6.45) is 1.67. The molecule has 0 rings (SSSR count). The van der Waals surface area contributed by atoms with Crippen LogP contribution in [0.2, 0.25) is 0 Å². The molecular formula is C30H59N3O3S3. The lowest BCUT2D eigenvalue weighted by atomic mass is 9.45. The smallest absolute Gasteiger partial charge is 0.225 e. The van der Waals surface area contributed by atoms with Crippen molar-refractivity contribution in [1.29, 1.82) is 0 Å². The summed E-state index contributed by atoms with van der Waals surface area (Å²) in [5.41, 5.74) is 9.51. The number of rotatable bonds is 19. The predicted octanol–water partition coefficient (Wildman–Crippen LogP) is 6.49. The van der Waals surface area contributed by atoms with Gasteiger partial charge in [0.2, 0.25) is 5.91 Å². The lowest BCUT2D eigenvalue weighted by Crippen LogP contribution is -2.63. The third-order valence-corrected chi connectivity index (χ3v) is 11.0. The van der Waals surface area contributed by atoms with Crippen LogP contribution in [0.15, 0.2) is 12.3 Å². The summed E-state index contributed by atoms with van der Waals surface area (Å²) in [5.74, 6) is 1.89. The molecule has 0 spiro atoms. The lowest BCUT2D eigenvalue weighted by molar-refractivity contribution is -0.159. The fourth-order valence-corrected chi connectivity index (χ4v) is 7.55. The van der Waals surface area contributed by atoms with E-state index in [1.165, 1.54) is 0 Å². The maximum atomic E-state index is 14.1. The Morgan fingerprint density at radius 1 is 1.00 bits per heavy atom. The standard InChI is InChI=1S/C30H59N3O3S3/c1-21(22(2)37)36-17-13-14-23(34)30(12,20-26(3,4)5)29(10,11)27(6,7)24(28(8,9)32)25(35)33-16-19-39-38-18-15-31/h22,24,37H,1,13-20,31-32H2,2-12H3,(H,33,35). The number of nitrogens with one attached hydrogen (secondary N) is 1. The van der Waals surface area contributed by atoms with E-state index in [-0.39, 0.29) is 22.4 Å². The number of thiol groups is 1. The number of carbonyl (C=O) groups excluding carboxylic acids is 2. The van der Waals surface area contributed by atoms with Crippen molar-refractivity contribution in [3.63, 3.8) is 0 Å². The largest absolute Gasteiger partial charge is 0.497 e. The topological polar surface area (TPSA) is 107 Å². The van der Waals surface area contributed by atoms with E-state index in [0.29, 0.717) is 44.7 Å². The Labute approximate surface area is 253 Å². The number of ether oxygens (including phenoxy) is 1. The van der Waals surface area contributed by atoms with E-state index in [1.54, 1.807) is 21.6 Å². The molecule has 0 saturated heterocycles. The summed E-state index contributed by atoms with van der Waals surface area (Å²) in [5, 5.41) is 3.08. The average Bonchev–Trinajstić information content (AvgIpc) is 2.75. The Hall–Kier alpha value is -0.350. The van der Waals surface area contributed by atoms with Crippen LogP contribution in [0.1, 0.15) is 95.4 Å². The minimum Gasteiger partial charge on any atom is -0.497 e. The van der Waals surface area contributed by atoms with Crippen molar-refractivity contribution in [2.45, 2.75) is 106 Å². The van der Waals surface area contributed by atoms with Crippen molar-refractivity contribution in [2.24, 2.45) is 39.0 Å². The van der Waals surface area contributed by atoms with Gasteiger partial charge < -0.3 is 21.5 Å². The minimum absolute atomic E-state index is 0.0578. The van der Waals surface area contributed by atoms with Crippen molar-refractivity contribution < 1.29 is 14.3 Å². The number of nitrogens with two attached hydrogens (primary N) is 2. The molecule has 5 N–H and O–H groups in total. The molecule has 230 valence electrons. The van der Waals surface area contributed by atoms with Gasteiger partial charge in [0.15, 0.2) is 0 Å². The zero-order valence-corrected chi connectivity index (χ0v) is 29.2.